The van der Waals surface area contributed by atoms with Gasteiger partial charge in [-0.2, -0.15) is 0 Å². The Labute approximate surface area is 151 Å². The average molecular weight is 355 g/mol. The summed E-state index contributed by atoms with van der Waals surface area (Å²) in [5, 5.41) is 6.93. The second kappa shape index (κ2) is 7.95. The second-order valence-corrected chi connectivity index (χ2v) is 6.16. The lowest BCUT2D eigenvalue weighted by molar-refractivity contribution is -0.143. The number of amides is 1. The molecule has 1 aliphatic carbocycles. The predicted molar refractivity (Wildman–Crippen MR) is 96.2 cm³/mol. The average Bonchev–Trinajstić information content (AvgIpc) is 3.08. The van der Waals surface area contributed by atoms with Gasteiger partial charge in [-0.25, -0.2) is 0 Å². The maximum absolute atomic E-state index is 12.6. The van der Waals surface area contributed by atoms with Gasteiger partial charge < -0.3 is 14.6 Å². The van der Waals surface area contributed by atoms with Gasteiger partial charge in [0.15, 0.2) is 0 Å². The van der Waals surface area contributed by atoms with Gasteiger partial charge in [0.2, 0.25) is 0 Å². The molecule has 26 heavy (non-hydrogen) atoms. The lowest BCUT2D eigenvalue weighted by Crippen LogP contribution is -2.32. The molecule has 0 bridgehead atoms. The van der Waals surface area contributed by atoms with Gasteiger partial charge >= 0.3 is 5.97 Å². The lowest BCUT2D eigenvalue weighted by Gasteiger charge is -2.15. The molecule has 0 fully saturated rings. The predicted octanol–water partition coefficient (Wildman–Crippen LogP) is 2.11. The van der Waals surface area contributed by atoms with Crippen molar-refractivity contribution in [1.82, 2.24) is 10.5 Å². The molecule has 2 aliphatic rings. The van der Waals surface area contributed by atoms with Crippen LogP contribution in [-0.4, -0.2) is 42.9 Å². The number of esters is 1. The van der Waals surface area contributed by atoms with Crippen LogP contribution in [0.5, 0.6) is 0 Å². The van der Waals surface area contributed by atoms with E-state index >= 15 is 0 Å². The molecule has 7 nitrogen and oxygen atoms in total. The van der Waals surface area contributed by atoms with E-state index in [1.807, 2.05) is 24.3 Å². The third-order valence-corrected chi connectivity index (χ3v) is 4.39. The largest absolute Gasteiger partial charge is 0.469 e. The summed E-state index contributed by atoms with van der Waals surface area (Å²) in [5.41, 5.74) is 1.82. The molecule has 1 aromatic rings. The number of nitrogens with one attached hydrogen (secondary N) is 1. The first-order chi connectivity index (χ1) is 12.6. The van der Waals surface area contributed by atoms with Gasteiger partial charge in [-0.1, -0.05) is 35.5 Å². The highest BCUT2D eigenvalue weighted by atomic mass is 16.5. The molecule has 0 aromatic carbocycles. The van der Waals surface area contributed by atoms with Crippen molar-refractivity contribution in [3.8, 4) is 0 Å². The van der Waals surface area contributed by atoms with E-state index in [0.29, 0.717) is 29.3 Å². The fourth-order valence-corrected chi connectivity index (χ4v) is 2.94. The van der Waals surface area contributed by atoms with Gasteiger partial charge in [0.05, 0.1) is 31.8 Å². The number of hydrogen-bond acceptors (Lipinski definition) is 6. The number of carbonyl (C=O) groups is 2. The number of methoxy groups -OCH3 is 1. The van der Waals surface area contributed by atoms with Crippen LogP contribution in [0.3, 0.4) is 0 Å². The summed E-state index contributed by atoms with van der Waals surface area (Å²) >= 11 is 0. The fourth-order valence-electron chi connectivity index (χ4n) is 2.94. The minimum atomic E-state index is -0.363. The topological polar surface area (TPSA) is 93.8 Å². The smallest absolute Gasteiger partial charge is 0.314 e. The van der Waals surface area contributed by atoms with Crippen LogP contribution in [0.1, 0.15) is 34.2 Å². The number of aromatic nitrogens is 1. The normalized spacial score (nSPS) is 21.4. The highest BCUT2D eigenvalue weighted by Crippen LogP contribution is 2.28. The van der Waals surface area contributed by atoms with E-state index in [4.69, 9.17) is 9.26 Å². The summed E-state index contributed by atoms with van der Waals surface area (Å²) in [6.07, 6.45) is 12.2. The zero-order chi connectivity index (χ0) is 18.5. The van der Waals surface area contributed by atoms with Crippen molar-refractivity contribution in [1.29, 1.82) is 0 Å². The summed E-state index contributed by atoms with van der Waals surface area (Å²) < 4.78 is 9.95. The maximum Gasteiger partial charge on any atom is 0.314 e. The molecule has 0 radical (unpaired) electrons. The van der Waals surface area contributed by atoms with E-state index in [1.54, 1.807) is 19.1 Å². The van der Waals surface area contributed by atoms with E-state index in [-0.39, 0.29) is 30.3 Å². The van der Waals surface area contributed by atoms with E-state index in [0.717, 1.165) is 6.42 Å². The van der Waals surface area contributed by atoms with Crippen molar-refractivity contribution in [2.75, 3.05) is 20.2 Å². The molecule has 3 rings (SSSR count). The molecule has 2 unspecified atom stereocenters. The van der Waals surface area contributed by atoms with Gasteiger partial charge in [-0.05, 0) is 19.4 Å². The Morgan fingerprint density at radius 2 is 2.19 bits per heavy atom. The van der Waals surface area contributed by atoms with E-state index in [1.165, 1.54) is 7.11 Å². The Balaban J connectivity index is 1.63. The first kappa shape index (κ1) is 17.8. The van der Waals surface area contributed by atoms with Gasteiger partial charge in [-0.15, -0.1) is 0 Å². The van der Waals surface area contributed by atoms with Crippen LogP contribution >= 0.6 is 0 Å². The van der Waals surface area contributed by atoms with Crippen molar-refractivity contribution in [3.63, 3.8) is 0 Å². The van der Waals surface area contributed by atoms with Crippen LogP contribution in [0, 0.1) is 12.8 Å². The molecule has 0 spiro atoms. The standard InChI is InChI=1S/C19H21N3O4/c1-12-16(17(22-26-12)13-6-4-3-5-7-13)18(23)21-11-15-9-8-14(10-20-15)19(24)25-2/h3-6,8-9,13-14H,7,10-11H2,1-2H3,(H,21,23). The number of nitrogens with zero attached hydrogens (tertiary/aromatic N) is 2. The van der Waals surface area contributed by atoms with Gasteiger partial charge in [0.25, 0.3) is 5.91 Å². The molecule has 2 heterocycles. The summed E-state index contributed by atoms with van der Waals surface area (Å²) in [6, 6.07) is 0. The van der Waals surface area contributed by atoms with E-state index in [9.17, 15) is 9.59 Å². The number of aryl methyl sites for hydroxylation is 1. The van der Waals surface area contributed by atoms with Crippen LogP contribution < -0.4 is 5.32 Å². The highest BCUT2D eigenvalue weighted by molar-refractivity contribution is 6.03. The van der Waals surface area contributed by atoms with Crippen LogP contribution in [0.4, 0.5) is 0 Å². The van der Waals surface area contributed by atoms with Crippen LogP contribution in [0.25, 0.3) is 0 Å². The Bertz CT molecular complexity index is 817. The number of aliphatic imine (C=N–C) groups is 1. The molecule has 1 amide bonds. The Morgan fingerprint density at radius 1 is 1.35 bits per heavy atom. The molecule has 7 heteroatoms. The third-order valence-electron chi connectivity index (χ3n) is 4.39. The van der Waals surface area contributed by atoms with Crippen molar-refractivity contribution in [2.24, 2.45) is 10.9 Å². The molecule has 136 valence electrons. The van der Waals surface area contributed by atoms with Gasteiger partial charge in [-0.3, -0.25) is 14.6 Å². The molecular weight excluding hydrogens is 334 g/mol. The van der Waals surface area contributed by atoms with Gasteiger partial charge in [0.1, 0.15) is 17.0 Å². The van der Waals surface area contributed by atoms with Gasteiger partial charge in [0, 0.05) is 5.92 Å². The maximum atomic E-state index is 12.6. The Morgan fingerprint density at radius 3 is 2.85 bits per heavy atom. The first-order valence-electron chi connectivity index (χ1n) is 8.47. The number of dihydropyridines is 1. The molecule has 0 saturated heterocycles. The fraction of sp³-hybridized carbons (Fsp3) is 0.368. The lowest BCUT2D eigenvalue weighted by atomic mass is 9.93. The summed E-state index contributed by atoms with van der Waals surface area (Å²) in [7, 11) is 1.35. The Hall–Kier alpha value is -2.96. The number of rotatable bonds is 5. The molecule has 2 atom stereocenters. The van der Waals surface area contributed by atoms with Crippen LogP contribution in [0.2, 0.25) is 0 Å². The monoisotopic (exact) mass is 355 g/mol. The summed E-state index contributed by atoms with van der Waals surface area (Å²) in [6.45, 7) is 2.32. The molecule has 1 aromatic heterocycles. The van der Waals surface area contributed by atoms with E-state index < -0.39 is 0 Å². The highest BCUT2D eigenvalue weighted by Gasteiger charge is 2.25. The first-order valence-corrected chi connectivity index (χ1v) is 8.47. The van der Waals surface area contributed by atoms with Crippen molar-refractivity contribution >= 4 is 17.6 Å². The van der Waals surface area contributed by atoms with Crippen LogP contribution in [-0.2, 0) is 9.53 Å². The van der Waals surface area contributed by atoms with Crippen molar-refractivity contribution < 1.29 is 18.8 Å². The minimum Gasteiger partial charge on any atom is -0.469 e. The van der Waals surface area contributed by atoms with E-state index in [2.05, 4.69) is 15.5 Å². The number of hydrogen-bond donors (Lipinski definition) is 1. The number of carbonyl (C=O) groups excluding carboxylic acids is 2. The zero-order valence-electron chi connectivity index (χ0n) is 14.8. The van der Waals surface area contributed by atoms with Crippen molar-refractivity contribution in [3.05, 3.63) is 53.5 Å². The van der Waals surface area contributed by atoms with Crippen LogP contribution in [0.15, 0.2) is 46.0 Å². The minimum absolute atomic E-state index is 0.0333. The molecular formula is C19H21N3O4. The molecule has 1 aliphatic heterocycles. The summed E-state index contributed by atoms with van der Waals surface area (Å²) in [4.78, 5) is 28.4. The number of ether oxygens (including phenoxy) is 1. The SMILES string of the molecule is COC(=O)C1C=CC(CNC(=O)c2c(C3C=CC=CC3)noc2C)=NC1. The Kier molecular flexibility index (Phi) is 5.46. The third kappa shape index (κ3) is 3.82. The second-order valence-electron chi connectivity index (χ2n) is 6.16. The molecule has 1 N–H and O–H groups in total. The quantitative estimate of drug-likeness (QED) is 0.817. The van der Waals surface area contributed by atoms with Crippen molar-refractivity contribution in [2.45, 2.75) is 19.3 Å². The molecule has 0 saturated carbocycles. The summed E-state index contributed by atoms with van der Waals surface area (Å²) in [5.74, 6) is -0.393. The number of allylic oxidation sites excluding steroid dienone is 4. The zero-order valence-corrected chi connectivity index (χ0v) is 14.8.